The summed E-state index contributed by atoms with van der Waals surface area (Å²) in [4.78, 5) is 19.1. The monoisotopic (exact) mass is 446 g/mol. The fourth-order valence-electron chi connectivity index (χ4n) is 3.90. The number of benzene rings is 2. The molecule has 0 radical (unpaired) electrons. The van der Waals surface area contributed by atoms with Gasteiger partial charge in [0.1, 0.15) is 0 Å². The normalized spacial score (nSPS) is 17.3. The van der Waals surface area contributed by atoms with Crippen LogP contribution in [0.3, 0.4) is 0 Å². The fraction of sp³-hybridized carbons (Fsp3) is 0.185. The van der Waals surface area contributed by atoms with Crippen molar-refractivity contribution in [2.24, 2.45) is 0 Å². The third-order valence-electron chi connectivity index (χ3n) is 5.71. The molecule has 1 aliphatic heterocycles. The van der Waals surface area contributed by atoms with Crippen LogP contribution in [0.5, 0.6) is 5.88 Å². The summed E-state index contributed by atoms with van der Waals surface area (Å²) in [5, 5.41) is 0. The van der Waals surface area contributed by atoms with Crippen LogP contribution in [-0.2, 0) is 0 Å². The zero-order valence-corrected chi connectivity index (χ0v) is 18.1. The third kappa shape index (κ3) is 4.70. The Morgan fingerprint density at radius 3 is 2.48 bits per heavy atom. The summed E-state index contributed by atoms with van der Waals surface area (Å²) in [6, 6.07) is 19.9. The molecule has 0 spiro atoms. The number of pyridine rings is 1. The van der Waals surface area contributed by atoms with Crippen molar-refractivity contribution in [1.29, 1.82) is 0 Å². The maximum atomic E-state index is 14.7. The number of likely N-dealkylation sites (tertiary alicyclic amines) is 1. The molecule has 168 valence electrons. The molecule has 0 saturated carbocycles. The quantitative estimate of drug-likeness (QED) is 0.469. The maximum Gasteiger partial charge on any atom is 0.287 e. The fourth-order valence-corrected chi connectivity index (χ4v) is 3.90. The van der Waals surface area contributed by atoms with E-state index in [-0.39, 0.29) is 24.9 Å². The molecule has 6 heteroatoms. The van der Waals surface area contributed by atoms with E-state index >= 15 is 0 Å². The second-order valence-electron chi connectivity index (χ2n) is 7.81. The first-order chi connectivity index (χ1) is 15.9. The van der Waals surface area contributed by atoms with Crippen LogP contribution in [0.2, 0.25) is 0 Å². The summed E-state index contributed by atoms with van der Waals surface area (Å²) in [7, 11) is 0. The molecule has 1 atom stereocenters. The molecule has 4 nitrogen and oxygen atoms in total. The second-order valence-corrected chi connectivity index (χ2v) is 7.81. The van der Waals surface area contributed by atoms with Gasteiger partial charge in [-0.15, -0.1) is 0 Å². The van der Waals surface area contributed by atoms with Crippen LogP contribution in [0.1, 0.15) is 28.0 Å². The van der Waals surface area contributed by atoms with Gasteiger partial charge in [-0.2, -0.15) is 0 Å². The van der Waals surface area contributed by atoms with Crippen LogP contribution >= 0.6 is 0 Å². The summed E-state index contributed by atoms with van der Waals surface area (Å²) in [5.41, 5.74) is 3.33. The van der Waals surface area contributed by atoms with Crippen molar-refractivity contribution >= 4 is 18.1 Å². The highest BCUT2D eigenvalue weighted by Gasteiger charge is 2.47. The van der Waals surface area contributed by atoms with Crippen molar-refractivity contribution in [2.75, 3.05) is 13.1 Å². The largest absolute Gasteiger partial charge is 0.466 e. The predicted octanol–water partition coefficient (Wildman–Crippen LogP) is 5.96. The Morgan fingerprint density at radius 1 is 1.03 bits per heavy atom. The Bertz CT molecular complexity index is 1180. The molecule has 1 aromatic heterocycles. The van der Waals surface area contributed by atoms with Gasteiger partial charge in [-0.05, 0) is 34.9 Å². The number of hydrogen-bond donors (Lipinski definition) is 0. The van der Waals surface area contributed by atoms with Crippen molar-refractivity contribution in [3.63, 3.8) is 0 Å². The van der Waals surface area contributed by atoms with E-state index in [2.05, 4.69) is 18.1 Å². The van der Waals surface area contributed by atoms with Crippen LogP contribution in [-0.4, -0.2) is 40.9 Å². The highest BCUT2D eigenvalue weighted by Crippen LogP contribution is 2.33. The molecule has 4 rings (SSSR count). The van der Waals surface area contributed by atoms with Crippen molar-refractivity contribution in [1.82, 2.24) is 9.88 Å². The average Bonchev–Trinajstić information content (AvgIpc) is 2.85. The lowest BCUT2D eigenvalue weighted by atomic mass is 9.97. The van der Waals surface area contributed by atoms with Gasteiger partial charge in [0, 0.05) is 24.6 Å². The summed E-state index contributed by atoms with van der Waals surface area (Å²) in [6.07, 6.45) is 1.11. The van der Waals surface area contributed by atoms with Gasteiger partial charge in [-0.25, -0.2) is 13.8 Å². The van der Waals surface area contributed by atoms with Crippen molar-refractivity contribution in [3.8, 4) is 17.0 Å². The number of carbonyl (C=O) groups is 1. The van der Waals surface area contributed by atoms with Gasteiger partial charge in [0.15, 0.2) is 6.10 Å². The zero-order valence-electron chi connectivity index (χ0n) is 18.1. The molecule has 3 aromatic rings. The highest BCUT2D eigenvalue weighted by atomic mass is 19.3. The number of halogens is 2. The molecule has 33 heavy (non-hydrogen) atoms. The van der Waals surface area contributed by atoms with E-state index in [0.717, 1.165) is 16.7 Å². The summed E-state index contributed by atoms with van der Waals surface area (Å²) in [6.45, 7) is 7.09. The number of piperidine rings is 1. The molecule has 0 aliphatic carbocycles. The van der Waals surface area contributed by atoms with E-state index in [0.29, 0.717) is 11.3 Å². The SMILES string of the molecule is C=Cc1ccc(OC2CN(C(=O)c3ccccc3-c3ccccc3)CCC2(F)F)nc1C=C. The highest BCUT2D eigenvalue weighted by molar-refractivity contribution is 6.01. The standard InChI is InChI=1S/C27H24F2N2O2/c1-3-19-14-15-25(30-23(19)4-2)33-24-18-31(17-16-27(24,28)29)26(32)22-13-9-8-12-21(22)20-10-6-5-7-11-20/h3-15,24H,1-2,16-18H2. The van der Waals surface area contributed by atoms with Gasteiger partial charge in [0.2, 0.25) is 5.88 Å². The van der Waals surface area contributed by atoms with Gasteiger partial charge in [-0.1, -0.05) is 67.8 Å². The summed E-state index contributed by atoms with van der Waals surface area (Å²) < 4.78 is 35.1. The Balaban J connectivity index is 1.58. The van der Waals surface area contributed by atoms with E-state index in [9.17, 15) is 13.6 Å². The molecule has 1 unspecified atom stereocenters. The molecule has 1 amide bonds. The van der Waals surface area contributed by atoms with Crippen LogP contribution in [0.15, 0.2) is 79.9 Å². The number of alkyl halides is 2. The third-order valence-corrected chi connectivity index (χ3v) is 5.71. The maximum absolute atomic E-state index is 14.7. The van der Waals surface area contributed by atoms with E-state index < -0.39 is 18.4 Å². The number of rotatable bonds is 6. The topological polar surface area (TPSA) is 42.4 Å². The molecule has 1 fully saturated rings. The lowest BCUT2D eigenvalue weighted by Gasteiger charge is -2.38. The molecular weight excluding hydrogens is 422 g/mol. The first-order valence-electron chi connectivity index (χ1n) is 10.7. The number of amides is 1. The van der Waals surface area contributed by atoms with Crippen molar-refractivity contribution in [3.05, 3.63) is 96.7 Å². The molecule has 2 heterocycles. The van der Waals surface area contributed by atoms with Crippen LogP contribution < -0.4 is 4.74 Å². The Labute approximate surface area is 191 Å². The molecule has 2 aromatic carbocycles. The predicted molar refractivity (Wildman–Crippen MR) is 126 cm³/mol. The van der Waals surface area contributed by atoms with Crippen LogP contribution in [0.25, 0.3) is 23.3 Å². The number of aromatic nitrogens is 1. The lowest BCUT2D eigenvalue weighted by molar-refractivity contribution is -0.131. The second kappa shape index (κ2) is 9.36. The molecule has 1 aliphatic rings. The molecular formula is C27H24F2N2O2. The van der Waals surface area contributed by atoms with Gasteiger partial charge in [-0.3, -0.25) is 4.79 Å². The van der Waals surface area contributed by atoms with Gasteiger partial charge in [0.05, 0.1) is 12.2 Å². The van der Waals surface area contributed by atoms with Gasteiger partial charge in [0.25, 0.3) is 11.8 Å². The first kappa shape index (κ1) is 22.4. The van der Waals surface area contributed by atoms with E-state index in [1.807, 2.05) is 42.5 Å². The summed E-state index contributed by atoms with van der Waals surface area (Å²) >= 11 is 0. The number of nitrogens with zero attached hydrogens (tertiary/aromatic N) is 2. The van der Waals surface area contributed by atoms with E-state index in [1.165, 1.54) is 17.0 Å². The lowest BCUT2D eigenvalue weighted by Crippen LogP contribution is -2.55. The molecule has 0 bridgehead atoms. The Kier molecular flexibility index (Phi) is 6.36. The first-order valence-corrected chi connectivity index (χ1v) is 10.7. The van der Waals surface area contributed by atoms with Crippen molar-refractivity contribution in [2.45, 2.75) is 18.4 Å². The van der Waals surface area contributed by atoms with Crippen LogP contribution in [0, 0.1) is 0 Å². The van der Waals surface area contributed by atoms with E-state index in [4.69, 9.17) is 4.74 Å². The van der Waals surface area contributed by atoms with E-state index in [1.54, 1.807) is 24.3 Å². The molecule has 0 N–H and O–H groups in total. The number of ether oxygens (including phenoxy) is 1. The van der Waals surface area contributed by atoms with Gasteiger partial charge < -0.3 is 9.64 Å². The minimum atomic E-state index is -3.09. The number of hydrogen-bond acceptors (Lipinski definition) is 3. The zero-order chi connectivity index (χ0) is 23.4. The van der Waals surface area contributed by atoms with Crippen LogP contribution in [0.4, 0.5) is 8.78 Å². The average molecular weight is 446 g/mol. The molecule has 1 saturated heterocycles. The minimum absolute atomic E-state index is 0.0548. The summed E-state index contributed by atoms with van der Waals surface area (Å²) in [5.74, 6) is -3.34. The number of carbonyl (C=O) groups excluding carboxylic acids is 1. The van der Waals surface area contributed by atoms with Gasteiger partial charge >= 0.3 is 0 Å². The smallest absolute Gasteiger partial charge is 0.287 e. The minimum Gasteiger partial charge on any atom is -0.466 e. The Morgan fingerprint density at radius 2 is 1.76 bits per heavy atom. The van der Waals surface area contributed by atoms with Crippen molar-refractivity contribution < 1.29 is 18.3 Å². The Hall–Kier alpha value is -3.80.